The first kappa shape index (κ1) is 20.0. The third kappa shape index (κ3) is 4.76. The van der Waals surface area contributed by atoms with Crippen LogP contribution in [0.5, 0.6) is 0 Å². The van der Waals surface area contributed by atoms with Gasteiger partial charge in [0.25, 0.3) is 5.91 Å². The summed E-state index contributed by atoms with van der Waals surface area (Å²) in [5.41, 5.74) is 2.34. The molecular formula is C19H21ClN6OS. The monoisotopic (exact) mass is 416 g/mol. The number of benzene rings is 1. The fraction of sp³-hybridized carbons (Fsp3) is 0.263. The molecule has 0 saturated carbocycles. The molecule has 1 aromatic carbocycles. The molecule has 0 aliphatic rings. The molecule has 0 fully saturated rings. The summed E-state index contributed by atoms with van der Waals surface area (Å²) in [6, 6.07) is 11.0. The molecule has 2 heterocycles. The van der Waals surface area contributed by atoms with Gasteiger partial charge in [-0.15, -0.1) is 16.4 Å². The summed E-state index contributed by atoms with van der Waals surface area (Å²) in [6.45, 7) is 3.21. The molecule has 3 rings (SSSR count). The number of nitrogens with one attached hydrogen (secondary N) is 2. The molecule has 0 aliphatic carbocycles. The lowest BCUT2D eigenvalue weighted by atomic mass is 10.1. The van der Waals surface area contributed by atoms with Crippen LogP contribution in [0.1, 0.15) is 34.3 Å². The van der Waals surface area contributed by atoms with Crippen LogP contribution in [0.2, 0.25) is 4.34 Å². The fourth-order valence-corrected chi connectivity index (χ4v) is 3.60. The van der Waals surface area contributed by atoms with Gasteiger partial charge in [-0.1, -0.05) is 23.7 Å². The summed E-state index contributed by atoms with van der Waals surface area (Å²) < 4.78 is 2.22. The molecule has 0 saturated heterocycles. The first-order valence-electron chi connectivity index (χ1n) is 8.83. The lowest BCUT2D eigenvalue weighted by molar-refractivity contribution is 0.0954. The topological polar surface area (TPSA) is 86.9 Å². The maximum Gasteiger partial charge on any atom is 0.261 e. The number of hydrogen-bond donors (Lipinski definition) is 2. The summed E-state index contributed by atoms with van der Waals surface area (Å²) >= 11 is 7.09. The standard InChI is InChI=1S/C19H21ClN6OS/c1-3-10-25(2)18(21)13-4-6-15(7-5-13)26-12-14(23-24-26)11-22-19(27)16-8-9-17(20)28-16/h4-9,12,21H,3,10-11H2,1-2H3,(H,22,27). The second kappa shape index (κ2) is 8.99. The Labute approximate surface area is 172 Å². The van der Waals surface area contributed by atoms with E-state index in [-0.39, 0.29) is 12.5 Å². The molecule has 3 aromatic rings. The highest BCUT2D eigenvalue weighted by molar-refractivity contribution is 7.17. The lowest BCUT2D eigenvalue weighted by Gasteiger charge is -2.19. The number of hydrogen-bond acceptors (Lipinski definition) is 5. The Morgan fingerprint density at radius 2 is 2.04 bits per heavy atom. The van der Waals surface area contributed by atoms with Crippen LogP contribution in [0.15, 0.2) is 42.6 Å². The minimum absolute atomic E-state index is 0.189. The summed E-state index contributed by atoms with van der Waals surface area (Å²) in [5, 5.41) is 19.2. The Morgan fingerprint density at radius 3 is 2.68 bits per heavy atom. The maximum atomic E-state index is 12.1. The number of halogens is 1. The van der Waals surface area contributed by atoms with Gasteiger partial charge in [0.1, 0.15) is 11.5 Å². The lowest BCUT2D eigenvalue weighted by Crippen LogP contribution is -2.27. The molecule has 2 aromatic heterocycles. The van der Waals surface area contributed by atoms with Gasteiger partial charge in [-0.2, -0.15) is 0 Å². The molecule has 28 heavy (non-hydrogen) atoms. The average molecular weight is 417 g/mol. The Bertz CT molecular complexity index is 965. The van der Waals surface area contributed by atoms with Crippen LogP contribution in [0.25, 0.3) is 5.69 Å². The van der Waals surface area contributed by atoms with Crippen molar-refractivity contribution < 1.29 is 4.79 Å². The largest absolute Gasteiger partial charge is 0.360 e. The van der Waals surface area contributed by atoms with E-state index in [0.717, 1.165) is 24.2 Å². The molecule has 0 spiro atoms. The van der Waals surface area contributed by atoms with E-state index < -0.39 is 0 Å². The molecule has 0 radical (unpaired) electrons. The van der Waals surface area contributed by atoms with Gasteiger partial charge in [-0.3, -0.25) is 10.2 Å². The highest BCUT2D eigenvalue weighted by atomic mass is 35.5. The second-order valence-electron chi connectivity index (χ2n) is 6.26. The molecule has 0 aliphatic heterocycles. The van der Waals surface area contributed by atoms with Crippen LogP contribution in [0, 0.1) is 5.41 Å². The minimum Gasteiger partial charge on any atom is -0.360 e. The van der Waals surface area contributed by atoms with Crippen molar-refractivity contribution in [3.8, 4) is 5.69 Å². The number of thiophene rings is 1. The van der Waals surface area contributed by atoms with Gasteiger partial charge in [0, 0.05) is 19.2 Å². The van der Waals surface area contributed by atoms with E-state index >= 15 is 0 Å². The van der Waals surface area contributed by atoms with Crippen molar-refractivity contribution in [3.05, 3.63) is 63.1 Å². The molecule has 146 valence electrons. The van der Waals surface area contributed by atoms with Crippen LogP contribution in [-0.4, -0.2) is 45.2 Å². The van der Waals surface area contributed by atoms with Crippen molar-refractivity contribution in [3.63, 3.8) is 0 Å². The van der Waals surface area contributed by atoms with Gasteiger partial charge >= 0.3 is 0 Å². The number of carbonyl (C=O) groups is 1. The summed E-state index contributed by atoms with van der Waals surface area (Å²) in [7, 11) is 1.92. The number of nitrogens with zero attached hydrogens (tertiary/aromatic N) is 4. The normalized spacial score (nSPS) is 10.7. The molecular weight excluding hydrogens is 396 g/mol. The maximum absolute atomic E-state index is 12.1. The van der Waals surface area contributed by atoms with E-state index in [0.29, 0.717) is 20.7 Å². The van der Waals surface area contributed by atoms with Crippen LogP contribution < -0.4 is 5.32 Å². The zero-order chi connectivity index (χ0) is 20.1. The summed E-state index contributed by atoms with van der Waals surface area (Å²) in [4.78, 5) is 14.6. The summed E-state index contributed by atoms with van der Waals surface area (Å²) in [5.74, 6) is 0.301. The van der Waals surface area contributed by atoms with Crippen LogP contribution >= 0.6 is 22.9 Å². The number of amides is 1. The third-order valence-corrected chi connectivity index (χ3v) is 5.34. The molecule has 2 N–H and O–H groups in total. The highest BCUT2D eigenvalue weighted by Crippen LogP contribution is 2.21. The number of aromatic nitrogens is 3. The van der Waals surface area contributed by atoms with Gasteiger partial charge in [0.2, 0.25) is 0 Å². The van der Waals surface area contributed by atoms with Crippen LogP contribution in [0.3, 0.4) is 0 Å². The zero-order valence-electron chi connectivity index (χ0n) is 15.6. The van der Waals surface area contributed by atoms with E-state index in [4.69, 9.17) is 17.0 Å². The van der Waals surface area contributed by atoms with Crippen molar-refractivity contribution in [2.45, 2.75) is 19.9 Å². The molecule has 7 nitrogen and oxygen atoms in total. The number of rotatable bonds is 7. The van der Waals surface area contributed by atoms with Crippen molar-refractivity contribution in [1.82, 2.24) is 25.2 Å². The van der Waals surface area contributed by atoms with Gasteiger partial charge in [-0.05, 0) is 42.8 Å². The van der Waals surface area contributed by atoms with Crippen molar-refractivity contribution in [2.24, 2.45) is 0 Å². The quantitative estimate of drug-likeness (QED) is 0.455. The first-order chi connectivity index (χ1) is 13.5. The van der Waals surface area contributed by atoms with Crippen molar-refractivity contribution >= 4 is 34.7 Å². The fourth-order valence-electron chi connectivity index (χ4n) is 2.64. The number of carbonyl (C=O) groups excluding carboxylic acids is 1. The van der Waals surface area contributed by atoms with Gasteiger partial charge in [-0.25, -0.2) is 4.68 Å². The van der Waals surface area contributed by atoms with E-state index in [1.807, 2.05) is 36.2 Å². The van der Waals surface area contributed by atoms with Crippen molar-refractivity contribution in [2.75, 3.05) is 13.6 Å². The SMILES string of the molecule is CCCN(C)C(=N)c1ccc(-n2cc(CNC(=O)c3ccc(Cl)s3)nn2)cc1. The molecule has 0 atom stereocenters. The third-order valence-electron chi connectivity index (χ3n) is 4.11. The highest BCUT2D eigenvalue weighted by Gasteiger charge is 2.11. The van der Waals surface area contributed by atoms with Crippen molar-refractivity contribution in [1.29, 1.82) is 5.41 Å². The summed E-state index contributed by atoms with van der Waals surface area (Å²) in [6.07, 6.45) is 2.76. The van der Waals surface area contributed by atoms with Gasteiger partial charge < -0.3 is 10.2 Å². The zero-order valence-corrected chi connectivity index (χ0v) is 17.2. The van der Waals surface area contributed by atoms with Gasteiger partial charge in [0.05, 0.1) is 27.6 Å². The van der Waals surface area contributed by atoms with E-state index in [2.05, 4.69) is 22.6 Å². The van der Waals surface area contributed by atoms with E-state index in [1.54, 1.807) is 23.0 Å². The number of amidine groups is 1. The van der Waals surface area contributed by atoms with Crippen LogP contribution in [-0.2, 0) is 6.54 Å². The molecule has 0 unspecified atom stereocenters. The average Bonchev–Trinajstić information content (AvgIpc) is 3.35. The Kier molecular flexibility index (Phi) is 6.43. The first-order valence-corrected chi connectivity index (χ1v) is 10.0. The predicted molar refractivity (Wildman–Crippen MR) is 112 cm³/mol. The molecule has 0 bridgehead atoms. The predicted octanol–water partition coefficient (Wildman–Crippen LogP) is 3.58. The second-order valence-corrected chi connectivity index (χ2v) is 7.97. The Morgan fingerprint density at radius 1 is 1.29 bits per heavy atom. The van der Waals surface area contributed by atoms with Gasteiger partial charge in [0.15, 0.2) is 0 Å². The molecule has 9 heteroatoms. The van der Waals surface area contributed by atoms with E-state index in [9.17, 15) is 4.79 Å². The minimum atomic E-state index is -0.189. The Hall–Kier alpha value is -2.71. The smallest absolute Gasteiger partial charge is 0.261 e. The molecule has 1 amide bonds. The van der Waals surface area contributed by atoms with E-state index in [1.165, 1.54) is 11.3 Å². The van der Waals surface area contributed by atoms with Crippen LogP contribution in [0.4, 0.5) is 0 Å². The Balaban J connectivity index is 1.62.